The van der Waals surface area contributed by atoms with Gasteiger partial charge in [-0.2, -0.15) is 0 Å². The zero-order chi connectivity index (χ0) is 29.7. The Bertz CT molecular complexity index is 1110. The molecule has 0 aromatic heterocycles. The Labute approximate surface area is 240 Å². The van der Waals surface area contributed by atoms with E-state index in [1.165, 1.54) is 29.7 Å². The van der Waals surface area contributed by atoms with Gasteiger partial charge in [0.2, 0.25) is 0 Å². The SMILES string of the molecule is CCC(=O)c1cc(C(C)NCC2CCC2)cc(O)c1CC.Cc1cccc(CC(=N)N(C)C=N)c1.FC1CCC1. The number of ketones is 1. The maximum Gasteiger partial charge on any atom is 0.163 e. The first-order valence-electron chi connectivity index (χ1n) is 14.7. The van der Waals surface area contributed by atoms with Crippen LogP contribution in [0.3, 0.4) is 0 Å². The molecule has 1 unspecified atom stereocenters. The van der Waals surface area contributed by atoms with Crippen LogP contribution in [0.15, 0.2) is 36.4 Å². The third-order valence-electron chi connectivity index (χ3n) is 7.77. The molecule has 2 aliphatic rings. The van der Waals surface area contributed by atoms with E-state index in [4.69, 9.17) is 10.8 Å². The molecule has 2 saturated carbocycles. The van der Waals surface area contributed by atoms with Crippen LogP contribution in [0, 0.1) is 23.7 Å². The number of halogens is 1. The molecular weight excluding hydrogens is 503 g/mol. The summed E-state index contributed by atoms with van der Waals surface area (Å²) in [6.07, 6.45) is 9.18. The maximum absolute atomic E-state index is 12.1. The number of hydrogen-bond acceptors (Lipinski definition) is 5. The van der Waals surface area contributed by atoms with E-state index in [0.29, 0.717) is 30.7 Å². The average Bonchev–Trinajstić information content (AvgIpc) is 2.90. The summed E-state index contributed by atoms with van der Waals surface area (Å²) >= 11 is 0. The van der Waals surface area contributed by atoms with Crippen LogP contribution in [0.2, 0.25) is 0 Å². The number of benzene rings is 2. The highest BCUT2D eigenvalue weighted by atomic mass is 19.1. The highest BCUT2D eigenvalue weighted by Gasteiger charge is 2.20. The predicted octanol–water partition coefficient (Wildman–Crippen LogP) is 7.56. The summed E-state index contributed by atoms with van der Waals surface area (Å²) in [5.74, 6) is 1.59. The van der Waals surface area contributed by atoms with E-state index in [-0.39, 0.29) is 17.6 Å². The van der Waals surface area contributed by atoms with E-state index in [1.54, 1.807) is 7.05 Å². The lowest BCUT2D eigenvalue weighted by atomic mass is 9.85. The lowest BCUT2D eigenvalue weighted by molar-refractivity contribution is 0.0986. The number of Topliss-reactive ketones (excluding diaryl/α,β-unsaturated/α-hetero) is 1. The van der Waals surface area contributed by atoms with Crippen LogP contribution < -0.4 is 5.32 Å². The Kier molecular flexibility index (Phi) is 14.0. The van der Waals surface area contributed by atoms with Crippen molar-refractivity contribution in [3.05, 3.63) is 64.2 Å². The van der Waals surface area contributed by atoms with E-state index in [9.17, 15) is 14.3 Å². The molecule has 4 rings (SSSR count). The van der Waals surface area contributed by atoms with Crippen molar-refractivity contribution >= 4 is 18.0 Å². The van der Waals surface area contributed by atoms with Gasteiger partial charge in [-0.05, 0) is 88.1 Å². The van der Waals surface area contributed by atoms with Crippen LogP contribution in [0.5, 0.6) is 5.75 Å². The number of nitrogens with one attached hydrogen (secondary N) is 3. The number of carbonyl (C=O) groups is 1. The molecule has 220 valence electrons. The second-order valence-electron chi connectivity index (χ2n) is 11.0. The highest BCUT2D eigenvalue weighted by Crippen LogP contribution is 2.30. The number of alkyl halides is 1. The summed E-state index contributed by atoms with van der Waals surface area (Å²) in [6, 6.07) is 12.0. The Morgan fingerprint density at radius 1 is 1.18 bits per heavy atom. The van der Waals surface area contributed by atoms with Gasteiger partial charge in [-0.25, -0.2) is 4.39 Å². The monoisotopic (exact) mass is 552 g/mol. The minimum Gasteiger partial charge on any atom is -0.508 e. The smallest absolute Gasteiger partial charge is 0.163 e. The molecule has 0 spiro atoms. The van der Waals surface area contributed by atoms with Gasteiger partial charge in [-0.1, -0.05) is 50.1 Å². The van der Waals surface area contributed by atoms with Crippen molar-refractivity contribution in [2.24, 2.45) is 5.92 Å². The summed E-state index contributed by atoms with van der Waals surface area (Å²) in [4.78, 5) is 13.6. The van der Waals surface area contributed by atoms with E-state index >= 15 is 0 Å². The van der Waals surface area contributed by atoms with Crippen molar-refractivity contribution in [2.75, 3.05) is 13.6 Å². The van der Waals surface area contributed by atoms with E-state index in [0.717, 1.165) is 54.8 Å². The second-order valence-corrected chi connectivity index (χ2v) is 11.0. The van der Waals surface area contributed by atoms with Crippen molar-refractivity contribution in [3.63, 3.8) is 0 Å². The quantitative estimate of drug-likeness (QED) is 0.139. The zero-order valence-electron chi connectivity index (χ0n) is 25.0. The van der Waals surface area contributed by atoms with Crippen LogP contribution in [-0.4, -0.2) is 47.7 Å². The third kappa shape index (κ3) is 10.5. The Morgan fingerprint density at radius 2 is 1.82 bits per heavy atom. The first-order valence-corrected chi connectivity index (χ1v) is 14.7. The number of aromatic hydroxyl groups is 1. The van der Waals surface area contributed by atoms with Crippen LogP contribution >= 0.6 is 0 Å². The predicted molar refractivity (Wildman–Crippen MR) is 164 cm³/mol. The molecule has 7 heteroatoms. The highest BCUT2D eigenvalue weighted by molar-refractivity contribution is 5.98. The molecule has 0 radical (unpaired) electrons. The minimum absolute atomic E-state index is 0.107. The van der Waals surface area contributed by atoms with Gasteiger partial charge in [0.1, 0.15) is 17.8 Å². The first kappa shape index (κ1) is 33.1. The van der Waals surface area contributed by atoms with Gasteiger partial charge in [0.25, 0.3) is 0 Å². The van der Waals surface area contributed by atoms with Crippen LogP contribution in [-0.2, 0) is 12.8 Å². The number of aryl methyl sites for hydroxylation is 1. The van der Waals surface area contributed by atoms with Crippen LogP contribution in [0.25, 0.3) is 0 Å². The fourth-order valence-electron chi connectivity index (χ4n) is 4.47. The van der Waals surface area contributed by atoms with Gasteiger partial charge in [-0.3, -0.25) is 15.6 Å². The molecule has 2 aromatic carbocycles. The molecule has 2 fully saturated rings. The Balaban J connectivity index is 0.000000251. The molecule has 0 heterocycles. The number of phenolic OH excluding ortho intramolecular Hbond substituents is 1. The summed E-state index contributed by atoms with van der Waals surface area (Å²) in [5.41, 5.74) is 4.78. The number of phenols is 1. The lowest BCUT2D eigenvalue weighted by Crippen LogP contribution is -2.29. The number of nitrogens with zero attached hydrogens (tertiary/aromatic N) is 1. The molecule has 2 aliphatic carbocycles. The van der Waals surface area contributed by atoms with Crippen molar-refractivity contribution in [1.82, 2.24) is 10.2 Å². The molecular formula is C33H49FN4O2. The van der Waals surface area contributed by atoms with E-state index < -0.39 is 6.17 Å². The molecule has 1 atom stereocenters. The maximum atomic E-state index is 12.1. The van der Waals surface area contributed by atoms with Crippen LogP contribution in [0.1, 0.15) is 104 Å². The standard InChI is InChI=1S/C18H27NO2.C11H15N3.C4H7F/c1-4-15-16(17(20)5-2)9-14(10-18(15)21)12(3)19-11-13-7-6-8-13;1-9-4-3-5-10(6-9)7-11(13)14(2)8-12;5-4-2-1-3-4/h9-10,12-13,19,21H,4-8,11H2,1-3H3;3-6,8,12-13H,7H2,1-2H3;4H,1-3H2. The van der Waals surface area contributed by atoms with Gasteiger partial charge >= 0.3 is 0 Å². The minimum atomic E-state index is -0.435. The van der Waals surface area contributed by atoms with Crippen molar-refractivity contribution in [3.8, 4) is 5.75 Å². The molecule has 2 aromatic rings. The topological polar surface area (TPSA) is 100 Å². The molecule has 4 N–H and O–H groups in total. The summed E-state index contributed by atoms with van der Waals surface area (Å²) in [7, 11) is 1.71. The van der Waals surface area contributed by atoms with Crippen molar-refractivity contribution in [2.45, 2.75) is 97.7 Å². The van der Waals surface area contributed by atoms with Crippen molar-refractivity contribution < 1.29 is 14.3 Å². The molecule has 0 bridgehead atoms. The largest absolute Gasteiger partial charge is 0.508 e. The molecule has 6 nitrogen and oxygen atoms in total. The molecule has 40 heavy (non-hydrogen) atoms. The second kappa shape index (κ2) is 16.9. The molecule has 0 saturated heterocycles. The van der Waals surface area contributed by atoms with E-state index in [1.807, 2.05) is 51.1 Å². The molecule has 0 aliphatic heterocycles. The van der Waals surface area contributed by atoms with Gasteiger partial charge in [0.15, 0.2) is 5.78 Å². The Morgan fingerprint density at radius 3 is 2.30 bits per heavy atom. The van der Waals surface area contributed by atoms with Gasteiger partial charge in [0, 0.05) is 37.1 Å². The van der Waals surface area contributed by atoms with Crippen molar-refractivity contribution in [1.29, 1.82) is 10.8 Å². The number of carbonyl (C=O) groups excluding carboxylic acids is 1. The van der Waals surface area contributed by atoms with Gasteiger partial charge in [0.05, 0.1) is 6.34 Å². The van der Waals surface area contributed by atoms with Gasteiger partial charge < -0.3 is 15.3 Å². The normalized spacial score (nSPS) is 15.2. The average molecular weight is 553 g/mol. The van der Waals surface area contributed by atoms with Crippen LogP contribution in [0.4, 0.5) is 4.39 Å². The summed E-state index contributed by atoms with van der Waals surface area (Å²) in [5, 5.41) is 28.4. The fourth-order valence-corrected chi connectivity index (χ4v) is 4.47. The van der Waals surface area contributed by atoms with Gasteiger partial charge in [-0.15, -0.1) is 0 Å². The number of amidine groups is 1. The zero-order valence-corrected chi connectivity index (χ0v) is 25.0. The summed E-state index contributed by atoms with van der Waals surface area (Å²) < 4.78 is 11.5. The number of likely N-dealkylation sites (N-methyl/N-ethyl adjacent to an activating group) is 1. The fraction of sp³-hybridized carbons (Fsp3) is 0.545. The number of hydrogen-bond donors (Lipinski definition) is 4. The molecule has 0 amide bonds. The summed E-state index contributed by atoms with van der Waals surface area (Å²) in [6.45, 7) is 8.99. The lowest BCUT2D eigenvalue weighted by Gasteiger charge is -2.27. The third-order valence-corrected chi connectivity index (χ3v) is 7.77. The number of rotatable bonds is 10. The first-order chi connectivity index (χ1) is 19.1. The Hall–Kier alpha value is -3.06. The van der Waals surface area contributed by atoms with E-state index in [2.05, 4.69) is 18.3 Å².